The molecule has 0 aromatic carbocycles. The van der Waals surface area contributed by atoms with E-state index in [1.54, 1.807) is 10.9 Å². The van der Waals surface area contributed by atoms with Crippen LogP contribution >= 0.6 is 12.6 Å². The zero-order valence-electron chi connectivity index (χ0n) is 6.88. The Morgan fingerprint density at radius 2 is 2.31 bits per heavy atom. The van der Waals surface area contributed by atoms with Crippen molar-refractivity contribution in [2.45, 2.75) is 6.54 Å². The predicted molar refractivity (Wildman–Crippen MR) is 53.6 cm³/mol. The van der Waals surface area contributed by atoms with Crippen molar-refractivity contribution in [3.63, 3.8) is 0 Å². The molecule has 2 N–H and O–H groups in total. The van der Waals surface area contributed by atoms with E-state index in [1.807, 2.05) is 0 Å². The van der Waals surface area contributed by atoms with Crippen LogP contribution in [-0.4, -0.2) is 25.5 Å². The second-order valence-electron chi connectivity index (χ2n) is 2.59. The lowest BCUT2D eigenvalue weighted by Crippen LogP contribution is -2.02. The molecule has 2 aromatic heterocycles. The summed E-state index contributed by atoms with van der Waals surface area (Å²) in [6, 6.07) is 0. The maximum Gasteiger partial charge on any atom is 0.163 e. The van der Waals surface area contributed by atoms with Gasteiger partial charge in [0.1, 0.15) is 12.1 Å². The van der Waals surface area contributed by atoms with Gasteiger partial charge in [-0.2, -0.15) is 17.7 Å². The number of aryl methyl sites for hydroxylation is 1. The fourth-order valence-corrected chi connectivity index (χ4v) is 1.36. The van der Waals surface area contributed by atoms with Gasteiger partial charge < -0.3 is 5.73 Å². The van der Waals surface area contributed by atoms with Crippen molar-refractivity contribution in [1.29, 1.82) is 0 Å². The summed E-state index contributed by atoms with van der Waals surface area (Å²) in [5.74, 6) is 1.19. The molecule has 0 fully saturated rings. The number of rotatable bonds is 2. The first-order chi connectivity index (χ1) is 6.33. The maximum atomic E-state index is 5.64. The van der Waals surface area contributed by atoms with E-state index in [9.17, 15) is 0 Å². The van der Waals surface area contributed by atoms with Crippen LogP contribution in [0.5, 0.6) is 0 Å². The molecular weight excluding hydrogens is 186 g/mol. The van der Waals surface area contributed by atoms with Crippen LogP contribution in [0.3, 0.4) is 0 Å². The fraction of sp³-hybridized carbons (Fsp3) is 0.286. The normalized spacial score (nSPS) is 10.8. The van der Waals surface area contributed by atoms with Crippen LogP contribution in [0.4, 0.5) is 5.82 Å². The van der Waals surface area contributed by atoms with Gasteiger partial charge in [0.2, 0.25) is 0 Å². The topological polar surface area (TPSA) is 69.6 Å². The van der Waals surface area contributed by atoms with Crippen molar-refractivity contribution in [1.82, 2.24) is 19.7 Å². The summed E-state index contributed by atoms with van der Waals surface area (Å²) >= 11 is 4.12. The second-order valence-corrected chi connectivity index (χ2v) is 3.03. The van der Waals surface area contributed by atoms with Crippen LogP contribution in [0.1, 0.15) is 0 Å². The number of hydrogen-bond donors (Lipinski definition) is 2. The molecule has 0 radical (unpaired) electrons. The molecule has 13 heavy (non-hydrogen) atoms. The molecule has 5 nitrogen and oxygen atoms in total. The molecule has 0 aliphatic heterocycles. The fourth-order valence-electron chi connectivity index (χ4n) is 1.17. The van der Waals surface area contributed by atoms with Gasteiger partial charge in [-0.3, -0.25) is 0 Å². The molecule has 0 saturated carbocycles. The third kappa shape index (κ3) is 1.33. The molecule has 0 saturated heterocycles. The van der Waals surface area contributed by atoms with Crippen LogP contribution < -0.4 is 5.73 Å². The van der Waals surface area contributed by atoms with Crippen LogP contribution in [0, 0.1) is 0 Å². The van der Waals surface area contributed by atoms with Crippen LogP contribution in [0.15, 0.2) is 12.5 Å². The monoisotopic (exact) mass is 195 g/mol. The lowest BCUT2D eigenvalue weighted by Gasteiger charge is -1.98. The van der Waals surface area contributed by atoms with E-state index in [1.165, 1.54) is 6.33 Å². The molecule has 0 unspecified atom stereocenters. The third-order valence-corrected chi connectivity index (χ3v) is 1.98. The molecule has 2 rings (SSSR count). The highest BCUT2D eigenvalue weighted by Crippen LogP contribution is 2.14. The van der Waals surface area contributed by atoms with Gasteiger partial charge in [0.25, 0.3) is 0 Å². The zero-order chi connectivity index (χ0) is 9.26. The quantitative estimate of drug-likeness (QED) is 0.678. The number of nitrogens with zero attached hydrogens (tertiary/aromatic N) is 4. The van der Waals surface area contributed by atoms with Crippen molar-refractivity contribution < 1.29 is 0 Å². The summed E-state index contributed by atoms with van der Waals surface area (Å²) in [5.41, 5.74) is 6.41. The van der Waals surface area contributed by atoms with Crippen molar-refractivity contribution in [2.24, 2.45) is 0 Å². The number of nitrogen functional groups attached to an aromatic ring is 1. The third-order valence-electron chi connectivity index (χ3n) is 1.78. The minimum absolute atomic E-state index is 0.468. The number of hydrogen-bond acceptors (Lipinski definition) is 5. The molecule has 6 heteroatoms. The first-order valence-electron chi connectivity index (χ1n) is 3.86. The highest BCUT2D eigenvalue weighted by Gasteiger charge is 2.05. The summed E-state index contributed by atoms with van der Waals surface area (Å²) in [5, 5.41) is 4.93. The molecule has 0 bridgehead atoms. The van der Waals surface area contributed by atoms with Crippen molar-refractivity contribution in [3.8, 4) is 0 Å². The SMILES string of the molecule is Nc1ncnc2c1cnn2CCS. The Morgan fingerprint density at radius 1 is 1.46 bits per heavy atom. The van der Waals surface area contributed by atoms with Crippen molar-refractivity contribution in [2.75, 3.05) is 11.5 Å². The predicted octanol–water partition coefficient (Wildman–Crippen LogP) is 0.338. The summed E-state index contributed by atoms with van der Waals surface area (Å²) < 4.78 is 1.76. The number of thiol groups is 1. The Kier molecular flexibility index (Phi) is 2.05. The van der Waals surface area contributed by atoms with Gasteiger partial charge in [0.15, 0.2) is 5.65 Å². The summed E-state index contributed by atoms with van der Waals surface area (Å²) in [4.78, 5) is 7.97. The summed E-state index contributed by atoms with van der Waals surface area (Å²) in [6.45, 7) is 0.725. The smallest absolute Gasteiger partial charge is 0.163 e. The maximum absolute atomic E-state index is 5.64. The number of aromatic nitrogens is 4. The number of fused-ring (bicyclic) bond motifs is 1. The zero-order valence-corrected chi connectivity index (χ0v) is 7.78. The molecule has 0 aliphatic carbocycles. The van der Waals surface area contributed by atoms with Crippen molar-refractivity contribution in [3.05, 3.63) is 12.5 Å². The molecule has 0 spiro atoms. The van der Waals surface area contributed by atoms with E-state index in [2.05, 4.69) is 27.7 Å². The number of anilines is 1. The largest absolute Gasteiger partial charge is 0.383 e. The standard InChI is InChI=1S/C7H9N5S/c8-6-5-3-11-12(1-2-13)7(5)10-4-9-6/h3-4,13H,1-2H2,(H2,8,9,10). The van der Waals surface area contributed by atoms with Gasteiger partial charge in [-0.05, 0) is 0 Å². The lowest BCUT2D eigenvalue weighted by molar-refractivity contribution is 0.684. The average Bonchev–Trinajstić information content (AvgIpc) is 2.51. The first kappa shape index (κ1) is 8.31. The summed E-state index contributed by atoms with van der Waals surface area (Å²) in [7, 11) is 0. The first-order valence-corrected chi connectivity index (χ1v) is 4.49. The van der Waals surface area contributed by atoms with Gasteiger partial charge in [-0.1, -0.05) is 0 Å². The highest BCUT2D eigenvalue weighted by molar-refractivity contribution is 7.80. The highest BCUT2D eigenvalue weighted by atomic mass is 32.1. The van der Waals surface area contributed by atoms with E-state index < -0.39 is 0 Å². The lowest BCUT2D eigenvalue weighted by atomic mass is 10.4. The molecule has 0 amide bonds. The molecular formula is C7H9N5S. The van der Waals surface area contributed by atoms with Gasteiger partial charge in [0.05, 0.1) is 18.1 Å². The molecule has 0 aliphatic rings. The number of nitrogens with two attached hydrogens (primary N) is 1. The molecule has 0 atom stereocenters. The Labute approximate surface area is 80.4 Å². The van der Waals surface area contributed by atoms with Crippen LogP contribution in [0.25, 0.3) is 11.0 Å². The van der Waals surface area contributed by atoms with Crippen LogP contribution in [-0.2, 0) is 6.54 Å². The Balaban J connectivity index is 2.61. The second kappa shape index (κ2) is 3.21. The van der Waals surface area contributed by atoms with E-state index in [0.717, 1.165) is 23.3 Å². The minimum Gasteiger partial charge on any atom is -0.383 e. The van der Waals surface area contributed by atoms with Crippen LogP contribution in [0.2, 0.25) is 0 Å². The molecule has 68 valence electrons. The van der Waals surface area contributed by atoms with Gasteiger partial charge in [-0.15, -0.1) is 0 Å². The summed E-state index contributed by atoms with van der Waals surface area (Å²) in [6.07, 6.45) is 3.11. The van der Waals surface area contributed by atoms with E-state index in [0.29, 0.717) is 5.82 Å². The van der Waals surface area contributed by atoms with Crippen molar-refractivity contribution >= 4 is 29.5 Å². The van der Waals surface area contributed by atoms with E-state index in [-0.39, 0.29) is 0 Å². The van der Waals surface area contributed by atoms with E-state index >= 15 is 0 Å². The molecule has 2 aromatic rings. The molecule has 2 heterocycles. The van der Waals surface area contributed by atoms with E-state index in [4.69, 9.17) is 5.73 Å². The Bertz CT molecular complexity index is 424. The van der Waals surface area contributed by atoms with Gasteiger partial charge in [-0.25, -0.2) is 14.6 Å². The van der Waals surface area contributed by atoms with Gasteiger partial charge in [0, 0.05) is 5.75 Å². The minimum atomic E-state index is 0.468. The Morgan fingerprint density at radius 3 is 3.08 bits per heavy atom. The average molecular weight is 195 g/mol. The Hall–Kier alpha value is -1.30. The van der Waals surface area contributed by atoms with Gasteiger partial charge >= 0.3 is 0 Å².